The Kier molecular flexibility index (Phi) is 5.33. The van der Waals surface area contributed by atoms with Gasteiger partial charge in [-0.05, 0) is 43.0 Å². The number of nitrogens with one attached hydrogen (secondary N) is 2. The minimum atomic E-state index is -0.119. The van der Waals surface area contributed by atoms with Crippen LogP contribution in [0, 0.1) is 5.92 Å². The zero-order chi connectivity index (χ0) is 13.5. The number of benzene rings is 1. The van der Waals surface area contributed by atoms with Crippen LogP contribution in [0.3, 0.4) is 0 Å². The van der Waals surface area contributed by atoms with Crippen molar-refractivity contribution in [3.63, 3.8) is 0 Å². The Balaban J connectivity index is 1.53. The fourth-order valence-electron chi connectivity index (χ4n) is 1.86. The molecule has 0 radical (unpaired) electrons. The summed E-state index contributed by atoms with van der Waals surface area (Å²) >= 11 is 5.77. The molecule has 2 amide bonds. The number of halogens is 1. The van der Waals surface area contributed by atoms with Gasteiger partial charge in [-0.2, -0.15) is 0 Å². The van der Waals surface area contributed by atoms with Crippen molar-refractivity contribution in [2.75, 3.05) is 19.7 Å². The highest BCUT2D eigenvalue weighted by Crippen LogP contribution is 2.24. The Morgan fingerprint density at radius 2 is 2.00 bits per heavy atom. The van der Waals surface area contributed by atoms with Crippen molar-refractivity contribution in [1.82, 2.24) is 10.6 Å². The van der Waals surface area contributed by atoms with Crippen molar-refractivity contribution in [1.29, 1.82) is 0 Å². The summed E-state index contributed by atoms with van der Waals surface area (Å²) in [6, 6.07) is 7.04. The van der Waals surface area contributed by atoms with Gasteiger partial charge < -0.3 is 15.4 Å². The highest BCUT2D eigenvalue weighted by atomic mass is 35.5. The van der Waals surface area contributed by atoms with Crippen LogP contribution in [0.1, 0.15) is 19.3 Å². The topological polar surface area (TPSA) is 50.4 Å². The fourth-order valence-corrected chi connectivity index (χ4v) is 1.99. The van der Waals surface area contributed by atoms with Crippen LogP contribution in [0.4, 0.5) is 4.79 Å². The molecule has 104 valence electrons. The molecule has 0 atom stereocenters. The van der Waals surface area contributed by atoms with Crippen molar-refractivity contribution < 1.29 is 9.53 Å². The van der Waals surface area contributed by atoms with Crippen LogP contribution < -0.4 is 15.4 Å². The summed E-state index contributed by atoms with van der Waals surface area (Å²) in [4.78, 5) is 11.4. The van der Waals surface area contributed by atoms with Crippen LogP contribution in [0.25, 0.3) is 0 Å². The predicted molar refractivity (Wildman–Crippen MR) is 75.7 cm³/mol. The zero-order valence-electron chi connectivity index (χ0n) is 10.8. The molecule has 0 saturated heterocycles. The van der Waals surface area contributed by atoms with E-state index in [-0.39, 0.29) is 6.03 Å². The largest absolute Gasteiger partial charge is 0.492 e. The van der Waals surface area contributed by atoms with E-state index in [2.05, 4.69) is 10.6 Å². The molecule has 2 rings (SSSR count). The second kappa shape index (κ2) is 7.24. The molecule has 2 N–H and O–H groups in total. The molecule has 0 aromatic heterocycles. The standard InChI is InChI=1S/C14H19ClN2O2/c15-12-4-6-13(7-5-12)19-9-8-16-14(18)17-10-11-2-1-3-11/h4-7,11H,1-3,8-10H2,(H2,16,17,18). The third kappa shape index (κ3) is 4.99. The van der Waals surface area contributed by atoms with Gasteiger partial charge in [0, 0.05) is 11.6 Å². The van der Waals surface area contributed by atoms with E-state index in [1.54, 1.807) is 24.3 Å². The molecular formula is C14H19ClN2O2. The Bertz CT molecular complexity index is 404. The van der Waals surface area contributed by atoms with E-state index in [4.69, 9.17) is 16.3 Å². The first-order valence-electron chi connectivity index (χ1n) is 6.64. The van der Waals surface area contributed by atoms with Crippen LogP contribution >= 0.6 is 11.6 Å². The molecule has 1 fully saturated rings. The van der Waals surface area contributed by atoms with Gasteiger partial charge in [0.25, 0.3) is 0 Å². The second-order valence-electron chi connectivity index (χ2n) is 4.74. The van der Waals surface area contributed by atoms with Crippen molar-refractivity contribution in [3.8, 4) is 5.75 Å². The fraction of sp³-hybridized carbons (Fsp3) is 0.500. The Morgan fingerprint density at radius 3 is 2.63 bits per heavy atom. The van der Waals surface area contributed by atoms with E-state index in [1.807, 2.05) is 0 Å². The number of hydrogen-bond donors (Lipinski definition) is 2. The number of carbonyl (C=O) groups excluding carboxylic acids is 1. The van der Waals surface area contributed by atoms with Crippen LogP contribution in [0.2, 0.25) is 5.02 Å². The third-order valence-corrected chi connectivity index (χ3v) is 3.50. The normalized spacial score (nSPS) is 14.6. The molecule has 1 aliphatic carbocycles. The van der Waals surface area contributed by atoms with E-state index < -0.39 is 0 Å². The van der Waals surface area contributed by atoms with E-state index in [1.165, 1.54) is 19.3 Å². The minimum absolute atomic E-state index is 0.119. The van der Waals surface area contributed by atoms with E-state index in [0.717, 1.165) is 12.3 Å². The number of hydrogen-bond acceptors (Lipinski definition) is 2. The second-order valence-corrected chi connectivity index (χ2v) is 5.17. The van der Waals surface area contributed by atoms with Gasteiger partial charge in [-0.3, -0.25) is 0 Å². The monoisotopic (exact) mass is 282 g/mol. The lowest BCUT2D eigenvalue weighted by Gasteiger charge is -2.25. The molecule has 0 aliphatic heterocycles. The highest BCUT2D eigenvalue weighted by Gasteiger charge is 2.17. The maximum Gasteiger partial charge on any atom is 0.314 e. The van der Waals surface area contributed by atoms with Crippen molar-refractivity contribution in [3.05, 3.63) is 29.3 Å². The zero-order valence-corrected chi connectivity index (χ0v) is 11.6. The summed E-state index contributed by atoms with van der Waals surface area (Å²) in [5.74, 6) is 1.43. The summed E-state index contributed by atoms with van der Waals surface area (Å²) in [6.45, 7) is 1.71. The SMILES string of the molecule is O=C(NCCOc1ccc(Cl)cc1)NCC1CCC1. The van der Waals surface area contributed by atoms with E-state index >= 15 is 0 Å². The third-order valence-electron chi connectivity index (χ3n) is 3.25. The Hall–Kier alpha value is -1.42. The van der Waals surface area contributed by atoms with Crippen LogP contribution in [0.15, 0.2) is 24.3 Å². The van der Waals surface area contributed by atoms with Gasteiger partial charge in [0.05, 0.1) is 6.54 Å². The maximum atomic E-state index is 11.4. The Labute approximate surface area is 118 Å². The van der Waals surface area contributed by atoms with E-state index in [0.29, 0.717) is 24.1 Å². The van der Waals surface area contributed by atoms with Crippen LogP contribution in [-0.4, -0.2) is 25.7 Å². The average molecular weight is 283 g/mol. The summed E-state index contributed by atoms with van der Waals surface area (Å²) in [7, 11) is 0. The van der Waals surface area contributed by atoms with Gasteiger partial charge in [0.1, 0.15) is 12.4 Å². The summed E-state index contributed by atoms with van der Waals surface area (Å²) < 4.78 is 5.47. The molecule has 1 aromatic carbocycles. The molecule has 0 spiro atoms. The molecule has 4 nitrogen and oxygen atoms in total. The molecule has 5 heteroatoms. The highest BCUT2D eigenvalue weighted by molar-refractivity contribution is 6.30. The minimum Gasteiger partial charge on any atom is -0.492 e. The maximum absolute atomic E-state index is 11.4. The molecule has 1 saturated carbocycles. The number of carbonyl (C=O) groups is 1. The Morgan fingerprint density at radius 1 is 1.26 bits per heavy atom. The van der Waals surface area contributed by atoms with Gasteiger partial charge in [-0.1, -0.05) is 18.0 Å². The first kappa shape index (κ1) is 14.0. The number of amides is 2. The van der Waals surface area contributed by atoms with Crippen LogP contribution in [0.5, 0.6) is 5.75 Å². The van der Waals surface area contributed by atoms with Crippen molar-refractivity contribution in [2.45, 2.75) is 19.3 Å². The molecule has 1 aliphatic rings. The number of rotatable bonds is 6. The molecule has 1 aromatic rings. The lowest BCUT2D eigenvalue weighted by Crippen LogP contribution is -2.41. The van der Waals surface area contributed by atoms with Crippen molar-refractivity contribution in [2.24, 2.45) is 5.92 Å². The molecule has 0 heterocycles. The van der Waals surface area contributed by atoms with Gasteiger partial charge in [0.15, 0.2) is 0 Å². The van der Waals surface area contributed by atoms with Gasteiger partial charge in [-0.15, -0.1) is 0 Å². The van der Waals surface area contributed by atoms with Gasteiger partial charge in [0.2, 0.25) is 0 Å². The molecule has 0 unspecified atom stereocenters. The van der Waals surface area contributed by atoms with Crippen molar-refractivity contribution >= 4 is 17.6 Å². The lowest BCUT2D eigenvalue weighted by molar-refractivity contribution is 0.228. The lowest BCUT2D eigenvalue weighted by atomic mass is 9.85. The van der Waals surface area contributed by atoms with Gasteiger partial charge >= 0.3 is 6.03 Å². The molecule has 19 heavy (non-hydrogen) atoms. The molecular weight excluding hydrogens is 264 g/mol. The average Bonchev–Trinajstić information content (AvgIpc) is 2.35. The predicted octanol–water partition coefficient (Wildman–Crippen LogP) is 2.82. The van der Waals surface area contributed by atoms with E-state index in [9.17, 15) is 4.79 Å². The molecule has 0 bridgehead atoms. The summed E-state index contributed by atoms with van der Waals surface area (Å²) in [5, 5.41) is 6.32. The quantitative estimate of drug-likeness (QED) is 0.788. The summed E-state index contributed by atoms with van der Waals surface area (Å²) in [6.07, 6.45) is 3.77. The van der Waals surface area contributed by atoms with Crippen LogP contribution in [-0.2, 0) is 0 Å². The number of urea groups is 1. The summed E-state index contributed by atoms with van der Waals surface area (Å²) in [5.41, 5.74) is 0. The smallest absolute Gasteiger partial charge is 0.314 e. The first-order valence-corrected chi connectivity index (χ1v) is 7.02. The van der Waals surface area contributed by atoms with Gasteiger partial charge in [-0.25, -0.2) is 4.79 Å². The number of ether oxygens (including phenoxy) is 1. The first-order chi connectivity index (χ1) is 9.24.